The highest BCUT2D eigenvalue weighted by Crippen LogP contribution is 2.24. The van der Waals surface area contributed by atoms with E-state index < -0.39 is 0 Å². The highest BCUT2D eigenvalue weighted by Gasteiger charge is 2.12. The van der Waals surface area contributed by atoms with E-state index in [9.17, 15) is 0 Å². The maximum absolute atomic E-state index is 5.00. The molecule has 0 bridgehead atoms. The molecule has 0 spiro atoms. The molecule has 1 heterocycles. The van der Waals surface area contributed by atoms with Crippen LogP contribution in [-0.2, 0) is 18.3 Å². The Hall–Kier alpha value is -0.520. The SMILES string of the molecule is CCSc1c(CNCCOC)c(C)nn1C. The maximum atomic E-state index is 5.00. The summed E-state index contributed by atoms with van der Waals surface area (Å²) in [5.41, 5.74) is 2.42. The summed E-state index contributed by atoms with van der Waals surface area (Å²) in [5, 5.41) is 9.09. The molecular weight excluding hydrogens is 222 g/mol. The zero-order valence-electron chi connectivity index (χ0n) is 10.5. The molecule has 0 amide bonds. The maximum Gasteiger partial charge on any atom is 0.0984 e. The van der Waals surface area contributed by atoms with Gasteiger partial charge in [-0.2, -0.15) is 5.10 Å². The minimum absolute atomic E-state index is 0.746. The smallest absolute Gasteiger partial charge is 0.0984 e. The number of nitrogens with one attached hydrogen (secondary N) is 1. The largest absolute Gasteiger partial charge is 0.383 e. The molecule has 92 valence electrons. The molecule has 1 aromatic rings. The van der Waals surface area contributed by atoms with Crippen molar-refractivity contribution < 1.29 is 4.74 Å². The Morgan fingerprint density at radius 3 is 2.88 bits per heavy atom. The molecule has 5 heteroatoms. The van der Waals surface area contributed by atoms with Gasteiger partial charge in [0.25, 0.3) is 0 Å². The van der Waals surface area contributed by atoms with Crippen molar-refractivity contribution in [3.05, 3.63) is 11.3 Å². The summed E-state index contributed by atoms with van der Waals surface area (Å²) in [5.74, 6) is 1.07. The van der Waals surface area contributed by atoms with Gasteiger partial charge in [0.2, 0.25) is 0 Å². The third-order valence-corrected chi connectivity index (χ3v) is 3.43. The molecule has 0 saturated carbocycles. The summed E-state index contributed by atoms with van der Waals surface area (Å²) in [4.78, 5) is 0. The quantitative estimate of drug-likeness (QED) is 0.583. The Labute approximate surface area is 102 Å². The Morgan fingerprint density at radius 1 is 1.50 bits per heavy atom. The molecule has 0 unspecified atom stereocenters. The molecule has 0 aliphatic rings. The summed E-state index contributed by atoms with van der Waals surface area (Å²) in [6, 6.07) is 0. The van der Waals surface area contributed by atoms with E-state index in [0.717, 1.165) is 31.1 Å². The molecule has 16 heavy (non-hydrogen) atoms. The van der Waals surface area contributed by atoms with Gasteiger partial charge in [-0.1, -0.05) is 6.92 Å². The predicted octanol–water partition coefficient (Wildman–Crippen LogP) is 1.58. The predicted molar refractivity (Wildman–Crippen MR) is 67.9 cm³/mol. The lowest BCUT2D eigenvalue weighted by Crippen LogP contribution is -2.19. The fraction of sp³-hybridized carbons (Fsp3) is 0.727. The normalized spacial score (nSPS) is 11.0. The van der Waals surface area contributed by atoms with Gasteiger partial charge in [-0.25, -0.2) is 0 Å². The minimum atomic E-state index is 0.746. The third-order valence-electron chi connectivity index (χ3n) is 2.35. The van der Waals surface area contributed by atoms with Crippen LogP contribution in [0, 0.1) is 6.92 Å². The van der Waals surface area contributed by atoms with Crippen molar-refractivity contribution in [2.45, 2.75) is 25.4 Å². The second-order valence-corrected chi connectivity index (χ2v) is 4.85. The Balaban J connectivity index is 2.62. The van der Waals surface area contributed by atoms with E-state index in [1.54, 1.807) is 7.11 Å². The minimum Gasteiger partial charge on any atom is -0.383 e. The van der Waals surface area contributed by atoms with Crippen LogP contribution in [-0.4, -0.2) is 35.8 Å². The molecule has 1 N–H and O–H groups in total. The summed E-state index contributed by atoms with van der Waals surface area (Å²) in [7, 11) is 3.72. The van der Waals surface area contributed by atoms with Crippen LogP contribution < -0.4 is 5.32 Å². The lowest BCUT2D eigenvalue weighted by atomic mass is 10.2. The van der Waals surface area contributed by atoms with E-state index in [4.69, 9.17) is 4.74 Å². The van der Waals surface area contributed by atoms with Gasteiger partial charge < -0.3 is 10.1 Å². The number of aromatic nitrogens is 2. The average molecular weight is 243 g/mol. The highest BCUT2D eigenvalue weighted by atomic mass is 32.2. The second-order valence-electron chi connectivity index (χ2n) is 3.60. The molecule has 0 aliphatic carbocycles. The van der Waals surface area contributed by atoms with E-state index in [-0.39, 0.29) is 0 Å². The summed E-state index contributed by atoms with van der Waals surface area (Å²) < 4.78 is 6.97. The zero-order valence-corrected chi connectivity index (χ0v) is 11.4. The van der Waals surface area contributed by atoms with Crippen molar-refractivity contribution in [2.75, 3.05) is 26.0 Å². The lowest BCUT2D eigenvalue weighted by Gasteiger charge is -2.06. The van der Waals surface area contributed by atoms with Crippen LogP contribution in [0.15, 0.2) is 5.03 Å². The first-order valence-electron chi connectivity index (χ1n) is 5.55. The number of aryl methyl sites for hydroxylation is 2. The van der Waals surface area contributed by atoms with Gasteiger partial charge in [0.1, 0.15) is 0 Å². The number of hydrogen-bond donors (Lipinski definition) is 1. The summed E-state index contributed by atoms with van der Waals surface area (Å²) in [6.07, 6.45) is 0. The van der Waals surface area contributed by atoms with Gasteiger partial charge >= 0.3 is 0 Å². The standard InChI is InChI=1S/C11H21N3OS/c1-5-16-11-10(8-12-6-7-15-4)9(2)13-14(11)3/h12H,5-8H2,1-4H3. The van der Waals surface area contributed by atoms with Crippen LogP contribution in [0.2, 0.25) is 0 Å². The molecule has 0 aliphatic heterocycles. The highest BCUT2D eigenvalue weighted by molar-refractivity contribution is 7.99. The van der Waals surface area contributed by atoms with Crippen molar-refractivity contribution in [3.8, 4) is 0 Å². The van der Waals surface area contributed by atoms with Gasteiger partial charge in [0.15, 0.2) is 0 Å². The fourth-order valence-electron chi connectivity index (χ4n) is 1.59. The van der Waals surface area contributed by atoms with Crippen LogP contribution >= 0.6 is 11.8 Å². The number of ether oxygens (including phenoxy) is 1. The van der Waals surface area contributed by atoms with Gasteiger partial charge in [-0.05, 0) is 12.7 Å². The molecule has 0 aromatic carbocycles. The first-order chi connectivity index (χ1) is 7.70. The van der Waals surface area contributed by atoms with Crippen LogP contribution in [0.3, 0.4) is 0 Å². The number of thioether (sulfide) groups is 1. The van der Waals surface area contributed by atoms with Crippen LogP contribution in [0.5, 0.6) is 0 Å². The molecular formula is C11H21N3OS. The van der Waals surface area contributed by atoms with Gasteiger partial charge in [-0.15, -0.1) is 11.8 Å². The lowest BCUT2D eigenvalue weighted by molar-refractivity contribution is 0.199. The van der Waals surface area contributed by atoms with Crippen molar-refractivity contribution in [1.82, 2.24) is 15.1 Å². The van der Waals surface area contributed by atoms with Crippen LogP contribution in [0.1, 0.15) is 18.2 Å². The van der Waals surface area contributed by atoms with Crippen molar-refractivity contribution in [1.29, 1.82) is 0 Å². The van der Waals surface area contributed by atoms with Gasteiger partial charge in [0.05, 0.1) is 17.3 Å². The van der Waals surface area contributed by atoms with Crippen LogP contribution in [0.4, 0.5) is 0 Å². The second kappa shape index (κ2) is 6.93. The number of rotatable bonds is 7. The fourth-order valence-corrected chi connectivity index (χ4v) is 2.48. The topological polar surface area (TPSA) is 39.1 Å². The monoisotopic (exact) mass is 243 g/mol. The molecule has 1 aromatic heterocycles. The Bertz CT molecular complexity index is 325. The first kappa shape index (κ1) is 13.5. The molecule has 4 nitrogen and oxygen atoms in total. The van der Waals surface area contributed by atoms with Crippen molar-refractivity contribution in [3.63, 3.8) is 0 Å². The van der Waals surface area contributed by atoms with Crippen molar-refractivity contribution >= 4 is 11.8 Å². The van der Waals surface area contributed by atoms with E-state index >= 15 is 0 Å². The van der Waals surface area contributed by atoms with Crippen molar-refractivity contribution in [2.24, 2.45) is 7.05 Å². The molecule has 0 fully saturated rings. The van der Waals surface area contributed by atoms with E-state index in [1.807, 2.05) is 23.5 Å². The average Bonchev–Trinajstić information content (AvgIpc) is 2.51. The first-order valence-corrected chi connectivity index (χ1v) is 6.54. The van der Waals surface area contributed by atoms with Crippen LogP contribution in [0.25, 0.3) is 0 Å². The van der Waals surface area contributed by atoms with Gasteiger partial charge in [-0.3, -0.25) is 4.68 Å². The molecule has 0 saturated heterocycles. The van der Waals surface area contributed by atoms with E-state index in [0.29, 0.717) is 0 Å². The number of hydrogen-bond acceptors (Lipinski definition) is 4. The van der Waals surface area contributed by atoms with E-state index in [2.05, 4.69) is 24.3 Å². The summed E-state index contributed by atoms with van der Waals surface area (Å²) >= 11 is 1.84. The summed E-state index contributed by atoms with van der Waals surface area (Å²) in [6.45, 7) is 6.71. The Kier molecular flexibility index (Phi) is 5.87. The third kappa shape index (κ3) is 3.50. The molecule has 0 radical (unpaired) electrons. The number of methoxy groups -OCH3 is 1. The molecule has 1 rings (SSSR count). The number of nitrogens with zero attached hydrogens (tertiary/aromatic N) is 2. The van der Waals surface area contributed by atoms with Gasteiger partial charge in [0, 0.05) is 32.8 Å². The Morgan fingerprint density at radius 2 is 2.25 bits per heavy atom. The molecule has 0 atom stereocenters. The van der Waals surface area contributed by atoms with E-state index in [1.165, 1.54) is 10.6 Å². The zero-order chi connectivity index (χ0) is 12.0.